The summed E-state index contributed by atoms with van der Waals surface area (Å²) in [6, 6.07) is 11.8. The molecule has 2 aliphatic rings. The Balaban J connectivity index is 1.54. The molecule has 0 aliphatic carbocycles. The molecule has 3 heterocycles. The molecule has 40 heavy (non-hydrogen) atoms. The minimum atomic E-state index is -1.09. The first-order valence-electron chi connectivity index (χ1n) is 13.5. The number of nitrogens with one attached hydrogen (secondary N) is 1. The number of piperazine rings is 1. The van der Waals surface area contributed by atoms with E-state index in [4.69, 9.17) is 4.74 Å². The molecule has 2 fully saturated rings. The fraction of sp³-hybridized carbons (Fsp3) is 0.464. The highest BCUT2D eigenvalue weighted by atomic mass is 16.6. The predicted octanol–water partition coefficient (Wildman–Crippen LogP) is 1.58. The number of hydrogen-bond donors (Lipinski definition) is 3. The molecular weight excluding hydrogens is 518 g/mol. The average molecular weight is 554 g/mol. The van der Waals surface area contributed by atoms with Crippen LogP contribution in [0.3, 0.4) is 0 Å². The second-order valence-corrected chi connectivity index (χ2v) is 9.82. The molecule has 0 saturated carbocycles. The molecular formula is C28H35N5O7. The van der Waals surface area contributed by atoms with Crippen LogP contribution in [0.1, 0.15) is 36.7 Å². The van der Waals surface area contributed by atoms with Gasteiger partial charge in [0.25, 0.3) is 5.91 Å². The fourth-order valence-corrected chi connectivity index (χ4v) is 4.85. The molecule has 2 aliphatic heterocycles. The average Bonchev–Trinajstić information content (AvgIpc) is 3.41. The van der Waals surface area contributed by atoms with E-state index in [1.54, 1.807) is 13.0 Å². The van der Waals surface area contributed by atoms with Gasteiger partial charge in [-0.15, -0.1) is 0 Å². The number of aromatic nitrogens is 1. The quantitative estimate of drug-likeness (QED) is 0.420. The summed E-state index contributed by atoms with van der Waals surface area (Å²) in [4.78, 5) is 59.8. The van der Waals surface area contributed by atoms with Crippen LogP contribution >= 0.6 is 0 Å². The Morgan fingerprint density at radius 3 is 2.38 bits per heavy atom. The molecule has 2 aromatic rings. The van der Waals surface area contributed by atoms with Crippen molar-refractivity contribution in [3.05, 3.63) is 48.2 Å². The van der Waals surface area contributed by atoms with Crippen molar-refractivity contribution in [2.75, 3.05) is 50.8 Å². The number of carbonyl (C=O) groups is 4. The van der Waals surface area contributed by atoms with Gasteiger partial charge >= 0.3 is 12.1 Å². The molecule has 0 bridgehead atoms. The fourth-order valence-electron chi connectivity index (χ4n) is 4.85. The SMILES string of the molecule is CCOC(=O)N1CCN(C(=O)[C@H](CCC(=O)O)NC(=O)c2cc(N3CC[C@@H](O)C3)cc(-c3ccccc3)n2)CC1. The van der Waals surface area contributed by atoms with Crippen LogP contribution in [-0.4, -0.2) is 107 Å². The van der Waals surface area contributed by atoms with E-state index in [1.807, 2.05) is 41.3 Å². The molecule has 0 spiro atoms. The standard InChI is InChI=1S/C28H35N5O7/c1-2-40-28(39)32-14-12-31(13-15-32)27(38)22(8-9-25(35)36)30-26(37)24-17-20(33-11-10-21(34)18-33)16-23(29-24)19-6-4-3-5-7-19/h3-7,16-17,21-22,34H,2,8-15,18H2,1H3,(H,30,37)(H,35,36)/t21-,22+/m1/s1. The zero-order chi connectivity index (χ0) is 28.6. The van der Waals surface area contributed by atoms with E-state index in [2.05, 4.69) is 10.3 Å². The first-order chi connectivity index (χ1) is 19.2. The largest absolute Gasteiger partial charge is 0.481 e. The van der Waals surface area contributed by atoms with E-state index in [0.29, 0.717) is 25.2 Å². The number of anilines is 1. The van der Waals surface area contributed by atoms with Gasteiger partial charge < -0.3 is 35.0 Å². The van der Waals surface area contributed by atoms with Gasteiger partial charge in [-0.25, -0.2) is 9.78 Å². The number of rotatable bonds is 9. The zero-order valence-electron chi connectivity index (χ0n) is 22.5. The molecule has 2 atom stereocenters. The van der Waals surface area contributed by atoms with Gasteiger partial charge in [-0.1, -0.05) is 30.3 Å². The van der Waals surface area contributed by atoms with Crippen molar-refractivity contribution in [2.24, 2.45) is 0 Å². The maximum absolute atomic E-state index is 13.5. The molecule has 12 heteroatoms. The molecule has 0 radical (unpaired) electrons. The number of aliphatic carboxylic acids is 1. The summed E-state index contributed by atoms with van der Waals surface area (Å²) in [7, 11) is 0. The van der Waals surface area contributed by atoms with Gasteiger partial charge in [0, 0.05) is 56.9 Å². The lowest BCUT2D eigenvalue weighted by molar-refractivity contribution is -0.138. The highest BCUT2D eigenvalue weighted by Crippen LogP contribution is 2.27. The summed E-state index contributed by atoms with van der Waals surface area (Å²) in [6.45, 7) is 4.04. The lowest BCUT2D eigenvalue weighted by Gasteiger charge is -2.36. The molecule has 1 aromatic heterocycles. The molecule has 3 N–H and O–H groups in total. The van der Waals surface area contributed by atoms with Crippen LogP contribution in [0, 0.1) is 0 Å². The number of aliphatic hydroxyl groups is 1. The molecule has 0 unspecified atom stereocenters. The van der Waals surface area contributed by atoms with Gasteiger partial charge in [-0.05, 0) is 31.9 Å². The van der Waals surface area contributed by atoms with Gasteiger partial charge in [0.05, 0.1) is 18.4 Å². The van der Waals surface area contributed by atoms with E-state index in [9.17, 15) is 29.4 Å². The first kappa shape index (κ1) is 28.8. The highest BCUT2D eigenvalue weighted by Gasteiger charge is 2.31. The van der Waals surface area contributed by atoms with E-state index in [-0.39, 0.29) is 51.3 Å². The Morgan fingerprint density at radius 2 is 1.75 bits per heavy atom. The summed E-state index contributed by atoms with van der Waals surface area (Å²) < 4.78 is 5.02. The number of carbonyl (C=O) groups excluding carboxylic acids is 3. The van der Waals surface area contributed by atoms with Crippen molar-refractivity contribution in [3.63, 3.8) is 0 Å². The summed E-state index contributed by atoms with van der Waals surface area (Å²) in [5, 5.41) is 22.0. The van der Waals surface area contributed by atoms with Crippen molar-refractivity contribution in [3.8, 4) is 11.3 Å². The molecule has 2 saturated heterocycles. The maximum Gasteiger partial charge on any atom is 0.409 e. The number of pyridine rings is 1. The van der Waals surface area contributed by atoms with Crippen LogP contribution in [0.4, 0.5) is 10.5 Å². The van der Waals surface area contributed by atoms with Crippen molar-refractivity contribution >= 4 is 29.6 Å². The second-order valence-electron chi connectivity index (χ2n) is 9.82. The van der Waals surface area contributed by atoms with Gasteiger partial charge in [0.2, 0.25) is 5.91 Å². The van der Waals surface area contributed by atoms with E-state index in [1.165, 1.54) is 9.80 Å². The van der Waals surface area contributed by atoms with E-state index in [0.717, 1.165) is 11.3 Å². The summed E-state index contributed by atoms with van der Waals surface area (Å²) in [5.41, 5.74) is 2.17. The Labute approximate surface area is 232 Å². The number of benzene rings is 1. The third kappa shape index (κ3) is 7.26. The number of β-amino-alcohol motifs (C(OH)–C–C–N with tert-alkyl or cyclic N) is 1. The van der Waals surface area contributed by atoms with Gasteiger partial charge in [0.15, 0.2) is 0 Å². The Kier molecular flexibility index (Phi) is 9.54. The number of carboxylic acids is 1. The Hall–Kier alpha value is -4.19. The number of nitrogens with zero attached hydrogens (tertiary/aromatic N) is 4. The van der Waals surface area contributed by atoms with Crippen LogP contribution in [-0.2, 0) is 14.3 Å². The van der Waals surface area contributed by atoms with Crippen LogP contribution in [0.2, 0.25) is 0 Å². The van der Waals surface area contributed by atoms with Crippen molar-refractivity contribution < 1.29 is 34.1 Å². The number of aliphatic hydroxyl groups excluding tert-OH is 1. The lowest BCUT2D eigenvalue weighted by atomic mass is 10.1. The minimum Gasteiger partial charge on any atom is -0.481 e. The third-order valence-electron chi connectivity index (χ3n) is 7.01. The van der Waals surface area contributed by atoms with Crippen LogP contribution in [0.15, 0.2) is 42.5 Å². The number of hydrogen-bond acceptors (Lipinski definition) is 8. The Bertz CT molecular complexity index is 1220. The molecule has 214 valence electrons. The number of carboxylic acid groups (broad SMARTS) is 1. The molecule has 12 nitrogen and oxygen atoms in total. The summed E-state index contributed by atoms with van der Waals surface area (Å²) >= 11 is 0. The van der Waals surface area contributed by atoms with E-state index < -0.39 is 36.0 Å². The zero-order valence-corrected chi connectivity index (χ0v) is 22.5. The predicted molar refractivity (Wildman–Crippen MR) is 146 cm³/mol. The lowest BCUT2D eigenvalue weighted by Crippen LogP contribution is -2.56. The highest BCUT2D eigenvalue weighted by molar-refractivity contribution is 5.97. The van der Waals surface area contributed by atoms with Crippen LogP contribution in [0.25, 0.3) is 11.3 Å². The monoisotopic (exact) mass is 553 g/mol. The van der Waals surface area contributed by atoms with Gasteiger partial charge in [0.1, 0.15) is 11.7 Å². The maximum atomic E-state index is 13.5. The van der Waals surface area contributed by atoms with Gasteiger partial charge in [-0.3, -0.25) is 14.4 Å². The third-order valence-corrected chi connectivity index (χ3v) is 7.01. The van der Waals surface area contributed by atoms with E-state index >= 15 is 0 Å². The molecule has 3 amide bonds. The Morgan fingerprint density at radius 1 is 1.05 bits per heavy atom. The second kappa shape index (κ2) is 13.2. The summed E-state index contributed by atoms with van der Waals surface area (Å²) in [6.07, 6.45) is -0.709. The molecule has 4 rings (SSSR count). The van der Waals surface area contributed by atoms with Crippen LogP contribution < -0.4 is 10.2 Å². The number of ether oxygens (including phenoxy) is 1. The van der Waals surface area contributed by atoms with Crippen LogP contribution in [0.5, 0.6) is 0 Å². The topological polar surface area (TPSA) is 153 Å². The minimum absolute atomic E-state index is 0.0815. The van der Waals surface area contributed by atoms with Crippen molar-refractivity contribution in [1.29, 1.82) is 0 Å². The summed E-state index contributed by atoms with van der Waals surface area (Å²) in [5.74, 6) is -2.11. The van der Waals surface area contributed by atoms with Crippen molar-refractivity contribution in [1.82, 2.24) is 20.1 Å². The van der Waals surface area contributed by atoms with Gasteiger partial charge in [-0.2, -0.15) is 0 Å². The van der Waals surface area contributed by atoms with Crippen molar-refractivity contribution in [2.45, 2.75) is 38.3 Å². The smallest absolute Gasteiger partial charge is 0.409 e. The first-order valence-corrected chi connectivity index (χ1v) is 13.5. The normalized spacial score (nSPS) is 17.9. The number of amides is 3. The molecule has 1 aromatic carbocycles.